The molecule has 2 aromatic carbocycles. The Kier molecular flexibility index (Phi) is 4.91. The molecule has 0 radical (unpaired) electrons. The summed E-state index contributed by atoms with van der Waals surface area (Å²) in [5.41, 5.74) is 5.25. The molecule has 0 bridgehead atoms. The maximum Gasteiger partial charge on any atom is 0.434 e. The van der Waals surface area contributed by atoms with Crippen LogP contribution in [-0.2, 0) is 4.28 Å². The fourth-order valence-corrected chi connectivity index (χ4v) is 8.19. The number of benzene rings is 2. The molecule has 0 unspecified atom stereocenters. The maximum absolute atomic E-state index is 3.66. The lowest BCUT2D eigenvalue weighted by atomic mass is 9.30. The third kappa shape index (κ3) is 2.82. The van der Waals surface area contributed by atoms with Gasteiger partial charge in [-0.15, -0.1) is 11.3 Å². The molecular formula is C27H21BOS3. The molecule has 1 nitrogen and oxygen atoms in total. The average Bonchev–Trinajstić information content (AvgIpc) is 3.64. The summed E-state index contributed by atoms with van der Waals surface area (Å²) in [5, 5.41) is 6.60. The molecule has 0 atom stereocenters. The van der Waals surface area contributed by atoms with Crippen LogP contribution < -0.4 is 9.55 Å². The Morgan fingerprint density at radius 1 is 0.625 bits per heavy atom. The van der Waals surface area contributed by atoms with Gasteiger partial charge < -0.3 is 4.28 Å². The van der Waals surface area contributed by atoms with Crippen molar-refractivity contribution in [2.45, 2.75) is 0 Å². The molecule has 156 valence electrons. The fraction of sp³-hybridized carbons (Fsp3) is 0.0370. The Morgan fingerprint density at radius 2 is 1.25 bits per heavy atom. The molecule has 3 aromatic heterocycles. The summed E-state index contributed by atoms with van der Waals surface area (Å²) in [7, 11) is 2.20. The van der Waals surface area contributed by atoms with Crippen molar-refractivity contribution >= 4 is 61.0 Å². The van der Waals surface area contributed by atoms with E-state index in [-0.39, 0.29) is 0 Å². The Labute approximate surface area is 200 Å². The Balaban J connectivity index is 1.85. The van der Waals surface area contributed by atoms with Gasteiger partial charge in [-0.25, -0.2) is 0 Å². The van der Waals surface area contributed by atoms with Gasteiger partial charge in [-0.2, -0.15) is 22.7 Å². The molecule has 4 heterocycles. The number of hydrogen-bond acceptors (Lipinski definition) is 3. The van der Waals surface area contributed by atoms with Crippen LogP contribution in [0.2, 0.25) is 0 Å². The van der Waals surface area contributed by atoms with Crippen molar-refractivity contribution in [3.05, 3.63) is 123 Å². The predicted molar refractivity (Wildman–Crippen MR) is 143 cm³/mol. The zero-order valence-corrected chi connectivity index (χ0v) is 20.1. The van der Waals surface area contributed by atoms with Gasteiger partial charge in [0.2, 0.25) is 5.75 Å². The maximum atomic E-state index is 3.66. The van der Waals surface area contributed by atoms with E-state index >= 15 is 0 Å². The summed E-state index contributed by atoms with van der Waals surface area (Å²) in [6.45, 7) is 0. The van der Waals surface area contributed by atoms with E-state index in [1.165, 1.54) is 42.4 Å². The third-order valence-electron chi connectivity index (χ3n) is 6.45. The fourth-order valence-electron chi connectivity index (χ4n) is 5.16. The van der Waals surface area contributed by atoms with Crippen molar-refractivity contribution in [1.82, 2.24) is 0 Å². The van der Waals surface area contributed by atoms with E-state index in [2.05, 4.69) is 119 Å². The van der Waals surface area contributed by atoms with Crippen LogP contribution in [0.25, 0.3) is 11.0 Å². The summed E-state index contributed by atoms with van der Waals surface area (Å²) < 4.78 is 6.40. The van der Waals surface area contributed by atoms with Gasteiger partial charge in [-0.3, -0.25) is 0 Å². The van der Waals surface area contributed by atoms with E-state index < -0.39 is 6.35 Å². The van der Waals surface area contributed by atoms with Crippen LogP contribution in [0.1, 0.15) is 16.0 Å². The molecule has 5 aromatic rings. The van der Waals surface area contributed by atoms with Crippen molar-refractivity contribution in [3.63, 3.8) is 0 Å². The van der Waals surface area contributed by atoms with Crippen LogP contribution in [0.3, 0.4) is 0 Å². The zero-order chi connectivity index (χ0) is 21.5. The molecule has 1 aliphatic heterocycles. The summed E-state index contributed by atoms with van der Waals surface area (Å²) in [6.07, 6.45) is -1.43. The van der Waals surface area contributed by atoms with Crippen LogP contribution in [-0.4, -0.2) is 13.5 Å². The molecule has 0 N–H and O–H groups in total. The monoisotopic (exact) mass is 468 g/mol. The quantitative estimate of drug-likeness (QED) is 0.197. The van der Waals surface area contributed by atoms with Crippen LogP contribution in [0.5, 0.6) is 5.75 Å². The third-order valence-corrected chi connectivity index (χ3v) is 9.42. The first-order chi connectivity index (χ1) is 15.8. The molecule has 6 rings (SSSR count). The van der Waals surface area contributed by atoms with Gasteiger partial charge in [0.05, 0.1) is 5.56 Å². The van der Waals surface area contributed by atoms with E-state index in [0.717, 1.165) is 0 Å². The summed E-state index contributed by atoms with van der Waals surface area (Å²) in [4.78, 5) is 1.32. The van der Waals surface area contributed by atoms with Crippen molar-refractivity contribution in [1.29, 1.82) is 0 Å². The minimum absolute atomic E-state index is 1.20. The first-order valence-corrected chi connectivity index (χ1v) is 13.3. The minimum Gasteiger partial charge on any atom is -0.809 e. The largest absolute Gasteiger partial charge is 0.809 e. The first kappa shape index (κ1) is 19.8. The van der Waals surface area contributed by atoms with Crippen LogP contribution in [0.15, 0.2) is 107 Å². The van der Waals surface area contributed by atoms with Gasteiger partial charge in [-0.05, 0) is 49.0 Å². The van der Waals surface area contributed by atoms with Crippen LogP contribution in [0.4, 0.5) is 0 Å². The lowest BCUT2D eigenvalue weighted by molar-refractivity contribution is 0.174. The van der Waals surface area contributed by atoms with Gasteiger partial charge >= 0.3 is 6.35 Å². The molecule has 0 aliphatic carbocycles. The van der Waals surface area contributed by atoms with E-state index in [0.29, 0.717) is 0 Å². The molecule has 0 spiro atoms. The smallest absolute Gasteiger partial charge is 0.434 e. The van der Waals surface area contributed by atoms with E-state index in [4.69, 9.17) is 0 Å². The molecule has 0 saturated heterocycles. The Morgan fingerprint density at radius 3 is 1.88 bits per heavy atom. The molecule has 0 fully saturated rings. The molecule has 0 amide bonds. The summed E-state index contributed by atoms with van der Waals surface area (Å²) in [5.74, 6) is 1.20. The average molecular weight is 468 g/mol. The Bertz CT molecular complexity index is 1330. The normalized spacial score (nSPS) is 15.1. The molecule has 1 aliphatic rings. The summed E-state index contributed by atoms with van der Waals surface area (Å²) in [6, 6.07) is 33.1. The van der Waals surface area contributed by atoms with Gasteiger partial charge in [0.15, 0.2) is 0 Å². The number of thiophene rings is 3. The van der Waals surface area contributed by atoms with Crippen LogP contribution >= 0.6 is 34.0 Å². The van der Waals surface area contributed by atoms with Crippen molar-refractivity contribution in [2.24, 2.45) is 0 Å². The van der Waals surface area contributed by atoms with Crippen molar-refractivity contribution in [2.75, 3.05) is 7.11 Å². The van der Waals surface area contributed by atoms with E-state index in [9.17, 15) is 0 Å². The van der Waals surface area contributed by atoms with E-state index in [1.54, 1.807) is 0 Å². The van der Waals surface area contributed by atoms with E-state index in [1.807, 2.05) is 34.0 Å². The second-order valence-corrected chi connectivity index (χ2v) is 10.9. The number of hydrogen-bond donors (Lipinski definition) is 0. The van der Waals surface area contributed by atoms with Gasteiger partial charge in [0.25, 0.3) is 0 Å². The standard InChI is InChI=1S/C27H21BOS3/c1-29-22-13-6-5-12-21(22)26(20-10-3-2-4-11-20)27(23-14-7-17-30-23)28(29,24-15-8-18-31-24)25-16-9-19-32-25/h2-19H,1H3. The highest BCUT2D eigenvalue weighted by atomic mass is 32.1. The number of para-hydroxylation sites is 1. The highest BCUT2D eigenvalue weighted by Gasteiger charge is 2.53. The minimum atomic E-state index is -1.43. The highest BCUT2D eigenvalue weighted by molar-refractivity contribution is 7.40. The summed E-state index contributed by atoms with van der Waals surface area (Å²) >= 11 is 5.52. The molecule has 0 saturated carbocycles. The molecule has 32 heavy (non-hydrogen) atoms. The first-order valence-electron chi connectivity index (χ1n) is 10.6. The van der Waals surface area contributed by atoms with Crippen molar-refractivity contribution < 1.29 is 4.28 Å². The van der Waals surface area contributed by atoms with Gasteiger partial charge in [0.1, 0.15) is 7.11 Å². The van der Waals surface area contributed by atoms with Gasteiger partial charge in [-0.1, -0.05) is 78.3 Å². The predicted octanol–water partition coefficient (Wildman–Crippen LogP) is 7.04. The highest BCUT2D eigenvalue weighted by Crippen LogP contribution is 2.52. The molecule has 5 heteroatoms. The lowest BCUT2D eigenvalue weighted by Crippen LogP contribution is -2.64. The topological polar surface area (TPSA) is 2.70 Å². The van der Waals surface area contributed by atoms with Crippen molar-refractivity contribution in [3.8, 4) is 5.75 Å². The Hall–Kier alpha value is -2.86. The zero-order valence-electron chi connectivity index (χ0n) is 17.6. The molecular weight excluding hydrogens is 447 g/mol. The SMILES string of the molecule is C[O+]1c2ccccc2C(c2ccccc2)=C(c2cccs2)[B-]1(c1cccs1)c1cccs1. The second-order valence-electron chi connectivity index (χ2n) is 8.00. The van der Waals surface area contributed by atoms with Gasteiger partial charge in [0, 0.05) is 10.9 Å². The lowest BCUT2D eigenvalue weighted by Gasteiger charge is -2.53. The van der Waals surface area contributed by atoms with Crippen LogP contribution in [0, 0.1) is 0 Å². The second kappa shape index (κ2) is 7.93. The number of fused-ring (bicyclic) bond motifs is 1. The number of rotatable bonds is 4.